The summed E-state index contributed by atoms with van der Waals surface area (Å²) in [5.74, 6) is 0.171. The molecule has 1 saturated heterocycles. The predicted molar refractivity (Wildman–Crippen MR) is 80.5 cm³/mol. The zero-order valence-electron chi connectivity index (χ0n) is 11.5. The first-order valence-corrected chi connectivity index (χ1v) is 7.15. The zero-order chi connectivity index (χ0) is 13.8. The minimum Gasteiger partial charge on any atom is -0.355 e. The van der Waals surface area contributed by atoms with Crippen molar-refractivity contribution in [2.24, 2.45) is 0 Å². The van der Waals surface area contributed by atoms with Gasteiger partial charge in [0.1, 0.15) is 0 Å². The van der Waals surface area contributed by atoms with E-state index in [4.69, 9.17) is 0 Å². The van der Waals surface area contributed by atoms with Gasteiger partial charge in [-0.25, -0.2) is 0 Å². The van der Waals surface area contributed by atoms with Crippen molar-refractivity contribution in [3.05, 3.63) is 71.8 Å². The summed E-state index contributed by atoms with van der Waals surface area (Å²) >= 11 is 0. The Morgan fingerprint density at radius 2 is 1.60 bits per heavy atom. The molecule has 2 aromatic rings. The maximum Gasteiger partial charge on any atom is 0.220 e. The van der Waals surface area contributed by atoms with Gasteiger partial charge in [0.05, 0.1) is 0 Å². The quantitative estimate of drug-likeness (QED) is 0.908. The van der Waals surface area contributed by atoms with Crippen molar-refractivity contribution in [3.63, 3.8) is 0 Å². The number of carbonyl (C=O) groups is 1. The standard InChI is InChI=1S/C18H19NO/c20-17-11-12-18(14-19-17,16-9-5-2-6-10-16)13-15-7-3-1-4-8-15/h1-10H,11-14H2,(H,19,20). The Labute approximate surface area is 119 Å². The number of hydrogen-bond donors (Lipinski definition) is 1. The Kier molecular flexibility index (Phi) is 3.55. The van der Waals surface area contributed by atoms with Crippen molar-refractivity contribution in [2.45, 2.75) is 24.7 Å². The summed E-state index contributed by atoms with van der Waals surface area (Å²) in [6.45, 7) is 0.727. The smallest absolute Gasteiger partial charge is 0.220 e. The van der Waals surface area contributed by atoms with Gasteiger partial charge in [-0.05, 0) is 24.0 Å². The van der Waals surface area contributed by atoms with Crippen molar-refractivity contribution < 1.29 is 4.79 Å². The van der Waals surface area contributed by atoms with Gasteiger partial charge in [-0.1, -0.05) is 60.7 Å². The van der Waals surface area contributed by atoms with E-state index in [1.165, 1.54) is 11.1 Å². The van der Waals surface area contributed by atoms with E-state index in [9.17, 15) is 4.79 Å². The van der Waals surface area contributed by atoms with E-state index in [0.29, 0.717) is 6.42 Å². The average molecular weight is 265 g/mol. The molecular weight excluding hydrogens is 246 g/mol. The van der Waals surface area contributed by atoms with E-state index in [2.05, 4.69) is 53.8 Å². The van der Waals surface area contributed by atoms with Crippen LogP contribution in [-0.4, -0.2) is 12.5 Å². The maximum absolute atomic E-state index is 11.5. The van der Waals surface area contributed by atoms with Gasteiger partial charge in [0.15, 0.2) is 0 Å². The first-order chi connectivity index (χ1) is 9.78. The van der Waals surface area contributed by atoms with E-state index in [1.54, 1.807) is 0 Å². The fourth-order valence-electron chi connectivity index (χ4n) is 3.08. The summed E-state index contributed by atoms with van der Waals surface area (Å²) < 4.78 is 0. The molecule has 102 valence electrons. The van der Waals surface area contributed by atoms with E-state index in [1.807, 2.05) is 12.1 Å². The van der Waals surface area contributed by atoms with Crippen molar-refractivity contribution >= 4 is 5.91 Å². The molecule has 20 heavy (non-hydrogen) atoms. The number of amides is 1. The molecule has 1 N–H and O–H groups in total. The number of benzene rings is 2. The number of piperidine rings is 1. The summed E-state index contributed by atoms with van der Waals surface area (Å²) in [6.07, 6.45) is 2.50. The summed E-state index contributed by atoms with van der Waals surface area (Å²) in [4.78, 5) is 11.5. The van der Waals surface area contributed by atoms with Gasteiger partial charge >= 0.3 is 0 Å². The first-order valence-electron chi connectivity index (χ1n) is 7.15. The van der Waals surface area contributed by atoms with Crippen LogP contribution in [0, 0.1) is 0 Å². The molecule has 1 heterocycles. The third kappa shape index (κ3) is 2.60. The molecule has 1 aliphatic rings. The van der Waals surface area contributed by atoms with E-state index >= 15 is 0 Å². The molecule has 0 aliphatic carbocycles. The second-order valence-electron chi connectivity index (χ2n) is 5.59. The summed E-state index contributed by atoms with van der Waals surface area (Å²) in [6, 6.07) is 21.1. The van der Waals surface area contributed by atoms with Crippen LogP contribution in [0.5, 0.6) is 0 Å². The van der Waals surface area contributed by atoms with Gasteiger partial charge in [-0.2, -0.15) is 0 Å². The number of rotatable bonds is 3. The van der Waals surface area contributed by atoms with E-state index < -0.39 is 0 Å². The lowest BCUT2D eigenvalue weighted by Crippen LogP contribution is -2.47. The molecule has 1 unspecified atom stereocenters. The van der Waals surface area contributed by atoms with Gasteiger partial charge in [0.2, 0.25) is 5.91 Å². The fourth-order valence-corrected chi connectivity index (χ4v) is 3.08. The van der Waals surface area contributed by atoms with E-state index in [0.717, 1.165) is 19.4 Å². The first kappa shape index (κ1) is 12.9. The molecule has 0 spiro atoms. The highest BCUT2D eigenvalue weighted by molar-refractivity contribution is 5.77. The van der Waals surface area contributed by atoms with Crippen molar-refractivity contribution in [2.75, 3.05) is 6.54 Å². The minimum atomic E-state index is 0.0243. The average Bonchev–Trinajstić information content (AvgIpc) is 2.52. The summed E-state index contributed by atoms with van der Waals surface area (Å²) in [7, 11) is 0. The normalized spacial score (nSPS) is 22.3. The van der Waals surface area contributed by atoms with Gasteiger partial charge in [0, 0.05) is 18.4 Å². The predicted octanol–water partition coefficient (Wildman–Crippen LogP) is 3.08. The molecule has 2 nitrogen and oxygen atoms in total. The van der Waals surface area contributed by atoms with Crippen LogP contribution in [-0.2, 0) is 16.6 Å². The van der Waals surface area contributed by atoms with Crippen molar-refractivity contribution in [1.82, 2.24) is 5.32 Å². The monoisotopic (exact) mass is 265 g/mol. The molecule has 3 rings (SSSR count). The Morgan fingerprint density at radius 1 is 0.950 bits per heavy atom. The van der Waals surface area contributed by atoms with Gasteiger partial charge in [0.25, 0.3) is 0 Å². The van der Waals surface area contributed by atoms with Crippen LogP contribution in [0.1, 0.15) is 24.0 Å². The van der Waals surface area contributed by atoms with E-state index in [-0.39, 0.29) is 11.3 Å². The second kappa shape index (κ2) is 5.49. The fraction of sp³-hybridized carbons (Fsp3) is 0.278. The van der Waals surface area contributed by atoms with Gasteiger partial charge in [-0.15, -0.1) is 0 Å². The highest BCUT2D eigenvalue weighted by Gasteiger charge is 2.36. The topological polar surface area (TPSA) is 29.1 Å². The highest BCUT2D eigenvalue weighted by atomic mass is 16.1. The van der Waals surface area contributed by atoms with Crippen LogP contribution in [0.15, 0.2) is 60.7 Å². The molecule has 0 bridgehead atoms. The third-order valence-electron chi connectivity index (χ3n) is 4.23. The van der Waals surface area contributed by atoms with Crippen LogP contribution in [0.2, 0.25) is 0 Å². The molecule has 0 saturated carbocycles. The summed E-state index contributed by atoms with van der Waals surface area (Å²) in [5, 5.41) is 3.05. The minimum absolute atomic E-state index is 0.0243. The molecule has 0 aromatic heterocycles. The molecule has 1 aliphatic heterocycles. The molecule has 2 heteroatoms. The molecule has 1 fully saturated rings. The molecule has 2 aromatic carbocycles. The largest absolute Gasteiger partial charge is 0.355 e. The number of hydrogen-bond acceptors (Lipinski definition) is 1. The Balaban J connectivity index is 1.94. The zero-order valence-corrected chi connectivity index (χ0v) is 11.5. The number of nitrogens with one attached hydrogen (secondary N) is 1. The van der Waals surface area contributed by atoms with Gasteiger partial charge in [-0.3, -0.25) is 4.79 Å². The molecule has 1 amide bonds. The second-order valence-corrected chi connectivity index (χ2v) is 5.59. The van der Waals surface area contributed by atoms with Crippen LogP contribution >= 0.6 is 0 Å². The number of carbonyl (C=O) groups excluding carboxylic acids is 1. The van der Waals surface area contributed by atoms with Crippen molar-refractivity contribution in [3.8, 4) is 0 Å². The Bertz CT molecular complexity index is 567. The van der Waals surface area contributed by atoms with Crippen LogP contribution in [0.25, 0.3) is 0 Å². The van der Waals surface area contributed by atoms with Crippen LogP contribution < -0.4 is 5.32 Å². The lowest BCUT2D eigenvalue weighted by atomic mass is 9.70. The molecule has 0 radical (unpaired) electrons. The van der Waals surface area contributed by atoms with Crippen molar-refractivity contribution in [1.29, 1.82) is 0 Å². The molecule has 1 atom stereocenters. The Morgan fingerprint density at radius 3 is 2.20 bits per heavy atom. The van der Waals surface area contributed by atoms with Gasteiger partial charge < -0.3 is 5.32 Å². The highest BCUT2D eigenvalue weighted by Crippen LogP contribution is 2.34. The lowest BCUT2D eigenvalue weighted by molar-refractivity contribution is -0.123. The SMILES string of the molecule is O=C1CCC(Cc2ccccc2)(c2ccccc2)CN1. The third-order valence-corrected chi connectivity index (χ3v) is 4.23. The van der Waals surface area contributed by atoms with Crippen LogP contribution in [0.4, 0.5) is 0 Å². The lowest BCUT2D eigenvalue weighted by Gasteiger charge is -2.38. The maximum atomic E-state index is 11.5. The molecular formula is C18H19NO. The summed E-state index contributed by atoms with van der Waals surface area (Å²) in [5.41, 5.74) is 2.67. The Hall–Kier alpha value is -2.09. The van der Waals surface area contributed by atoms with Crippen LogP contribution in [0.3, 0.4) is 0 Å².